The summed E-state index contributed by atoms with van der Waals surface area (Å²) in [6.07, 6.45) is 2.72. The zero-order valence-electron chi connectivity index (χ0n) is 13.5. The zero-order chi connectivity index (χ0) is 14.5. The van der Waals surface area contributed by atoms with Crippen LogP contribution in [0.5, 0.6) is 0 Å². The van der Waals surface area contributed by atoms with Crippen molar-refractivity contribution in [3.8, 4) is 0 Å². The summed E-state index contributed by atoms with van der Waals surface area (Å²) in [6, 6.07) is 9.54. The van der Waals surface area contributed by atoms with Gasteiger partial charge in [0.25, 0.3) is 0 Å². The summed E-state index contributed by atoms with van der Waals surface area (Å²) in [6.45, 7) is 10.4. The van der Waals surface area contributed by atoms with Crippen LogP contribution in [0.2, 0.25) is 0 Å². The molecule has 112 valence electrons. The standard InChI is InChI=1S/C18H30N2/c1-14(2)17-7-9-18(10-8-17)15(3)19-12-16-6-5-11-20(4)13-16/h7-10,14-16,19H,5-6,11-13H2,1-4H3. The van der Waals surface area contributed by atoms with Gasteiger partial charge < -0.3 is 10.2 Å². The largest absolute Gasteiger partial charge is 0.310 e. The first-order valence-electron chi connectivity index (χ1n) is 8.08. The number of nitrogens with one attached hydrogen (secondary N) is 1. The molecule has 1 aromatic carbocycles. The van der Waals surface area contributed by atoms with E-state index in [1.54, 1.807) is 0 Å². The summed E-state index contributed by atoms with van der Waals surface area (Å²) in [5.74, 6) is 1.43. The summed E-state index contributed by atoms with van der Waals surface area (Å²) >= 11 is 0. The van der Waals surface area contributed by atoms with Gasteiger partial charge in [0, 0.05) is 12.6 Å². The fourth-order valence-corrected chi connectivity index (χ4v) is 3.07. The van der Waals surface area contributed by atoms with E-state index in [1.165, 1.54) is 37.1 Å². The molecule has 1 heterocycles. The lowest BCUT2D eigenvalue weighted by Crippen LogP contribution is -2.37. The Labute approximate surface area is 124 Å². The Morgan fingerprint density at radius 3 is 2.40 bits per heavy atom. The van der Waals surface area contributed by atoms with E-state index in [4.69, 9.17) is 0 Å². The van der Waals surface area contributed by atoms with Crippen LogP contribution < -0.4 is 5.32 Å². The molecule has 2 atom stereocenters. The first kappa shape index (κ1) is 15.5. The Kier molecular flexibility index (Phi) is 5.62. The quantitative estimate of drug-likeness (QED) is 0.878. The molecule has 1 aromatic rings. The Hall–Kier alpha value is -0.860. The van der Waals surface area contributed by atoms with Crippen molar-refractivity contribution in [2.45, 2.75) is 45.6 Å². The van der Waals surface area contributed by atoms with E-state index < -0.39 is 0 Å². The van der Waals surface area contributed by atoms with Crippen molar-refractivity contribution in [1.29, 1.82) is 0 Å². The number of benzene rings is 1. The van der Waals surface area contributed by atoms with E-state index in [0.29, 0.717) is 12.0 Å². The molecule has 0 spiro atoms. The molecule has 0 saturated carbocycles. The van der Waals surface area contributed by atoms with Crippen LogP contribution in [-0.4, -0.2) is 31.6 Å². The second kappa shape index (κ2) is 7.24. The molecule has 1 saturated heterocycles. The van der Waals surface area contributed by atoms with Crippen molar-refractivity contribution in [2.75, 3.05) is 26.7 Å². The number of rotatable bonds is 5. The van der Waals surface area contributed by atoms with Gasteiger partial charge in [0.2, 0.25) is 0 Å². The van der Waals surface area contributed by atoms with Gasteiger partial charge in [0.05, 0.1) is 0 Å². The molecule has 0 aromatic heterocycles. The van der Waals surface area contributed by atoms with E-state index >= 15 is 0 Å². The summed E-state index contributed by atoms with van der Waals surface area (Å²) < 4.78 is 0. The van der Waals surface area contributed by atoms with Gasteiger partial charge in [-0.15, -0.1) is 0 Å². The van der Waals surface area contributed by atoms with Crippen LogP contribution in [0.1, 0.15) is 56.7 Å². The topological polar surface area (TPSA) is 15.3 Å². The third-order valence-electron chi connectivity index (χ3n) is 4.54. The van der Waals surface area contributed by atoms with Gasteiger partial charge in [-0.3, -0.25) is 0 Å². The lowest BCUT2D eigenvalue weighted by Gasteiger charge is -2.30. The van der Waals surface area contributed by atoms with Crippen molar-refractivity contribution in [3.05, 3.63) is 35.4 Å². The first-order chi connectivity index (χ1) is 9.56. The van der Waals surface area contributed by atoms with Crippen molar-refractivity contribution in [1.82, 2.24) is 10.2 Å². The van der Waals surface area contributed by atoms with Crippen LogP contribution in [0.15, 0.2) is 24.3 Å². The molecule has 20 heavy (non-hydrogen) atoms. The van der Waals surface area contributed by atoms with Crippen molar-refractivity contribution >= 4 is 0 Å². The third kappa shape index (κ3) is 4.32. The van der Waals surface area contributed by atoms with Crippen LogP contribution in [0, 0.1) is 5.92 Å². The maximum atomic E-state index is 3.71. The van der Waals surface area contributed by atoms with Crippen LogP contribution >= 0.6 is 0 Å². The smallest absolute Gasteiger partial charge is 0.0291 e. The Bertz CT molecular complexity index is 396. The van der Waals surface area contributed by atoms with Gasteiger partial charge >= 0.3 is 0 Å². The van der Waals surface area contributed by atoms with E-state index in [0.717, 1.165) is 12.5 Å². The lowest BCUT2D eigenvalue weighted by atomic mass is 9.97. The van der Waals surface area contributed by atoms with Crippen LogP contribution in [0.3, 0.4) is 0 Å². The van der Waals surface area contributed by atoms with Gasteiger partial charge in [-0.25, -0.2) is 0 Å². The highest BCUT2D eigenvalue weighted by molar-refractivity contribution is 5.26. The Morgan fingerprint density at radius 1 is 1.15 bits per heavy atom. The predicted octanol–water partition coefficient (Wildman–Crippen LogP) is 3.80. The molecule has 1 fully saturated rings. The third-order valence-corrected chi connectivity index (χ3v) is 4.54. The Balaban J connectivity index is 1.83. The molecule has 1 aliphatic heterocycles. The highest BCUT2D eigenvalue weighted by Crippen LogP contribution is 2.20. The fraction of sp³-hybridized carbons (Fsp3) is 0.667. The minimum atomic E-state index is 0.448. The molecule has 0 amide bonds. The summed E-state index contributed by atoms with van der Waals surface area (Å²) in [5, 5.41) is 3.71. The number of piperidine rings is 1. The summed E-state index contributed by atoms with van der Waals surface area (Å²) in [5.41, 5.74) is 2.83. The van der Waals surface area contributed by atoms with E-state index in [1.807, 2.05) is 0 Å². The molecule has 2 unspecified atom stereocenters. The molecule has 2 nitrogen and oxygen atoms in total. The number of nitrogens with zero attached hydrogens (tertiary/aromatic N) is 1. The maximum Gasteiger partial charge on any atom is 0.0291 e. The normalized spacial score (nSPS) is 22.1. The molecule has 2 heteroatoms. The highest BCUT2D eigenvalue weighted by atomic mass is 15.1. The zero-order valence-corrected chi connectivity index (χ0v) is 13.5. The fourth-order valence-electron chi connectivity index (χ4n) is 3.07. The molecule has 1 N–H and O–H groups in total. The molecule has 0 aliphatic carbocycles. The highest BCUT2D eigenvalue weighted by Gasteiger charge is 2.17. The van der Waals surface area contributed by atoms with Crippen molar-refractivity contribution < 1.29 is 0 Å². The lowest BCUT2D eigenvalue weighted by molar-refractivity contribution is 0.203. The minimum absolute atomic E-state index is 0.448. The summed E-state index contributed by atoms with van der Waals surface area (Å²) in [4.78, 5) is 2.46. The average Bonchev–Trinajstić information content (AvgIpc) is 2.45. The van der Waals surface area contributed by atoms with Gasteiger partial charge in [0.15, 0.2) is 0 Å². The van der Waals surface area contributed by atoms with Gasteiger partial charge in [-0.05, 0) is 62.9 Å². The van der Waals surface area contributed by atoms with Gasteiger partial charge in [-0.2, -0.15) is 0 Å². The SMILES string of the molecule is CC(C)c1ccc(C(C)NCC2CCCN(C)C2)cc1. The van der Waals surface area contributed by atoms with Crippen molar-refractivity contribution in [3.63, 3.8) is 0 Å². The number of likely N-dealkylation sites (tertiary alicyclic amines) is 1. The molecular formula is C18H30N2. The second-order valence-corrected chi connectivity index (χ2v) is 6.72. The molecule has 0 bridgehead atoms. The van der Waals surface area contributed by atoms with Crippen molar-refractivity contribution in [2.24, 2.45) is 5.92 Å². The van der Waals surface area contributed by atoms with E-state index in [2.05, 4.69) is 62.3 Å². The second-order valence-electron chi connectivity index (χ2n) is 6.72. The van der Waals surface area contributed by atoms with Gasteiger partial charge in [-0.1, -0.05) is 38.1 Å². The average molecular weight is 274 g/mol. The minimum Gasteiger partial charge on any atom is -0.310 e. The predicted molar refractivity (Wildman–Crippen MR) is 87.2 cm³/mol. The first-order valence-corrected chi connectivity index (χ1v) is 8.08. The van der Waals surface area contributed by atoms with Crippen LogP contribution in [-0.2, 0) is 0 Å². The Morgan fingerprint density at radius 2 is 1.80 bits per heavy atom. The molecule has 2 rings (SSSR count). The molecule has 0 radical (unpaired) electrons. The molecular weight excluding hydrogens is 244 g/mol. The molecule has 1 aliphatic rings. The van der Waals surface area contributed by atoms with Crippen LogP contribution in [0.4, 0.5) is 0 Å². The van der Waals surface area contributed by atoms with Gasteiger partial charge in [0.1, 0.15) is 0 Å². The summed E-state index contributed by atoms with van der Waals surface area (Å²) in [7, 11) is 2.24. The maximum absolute atomic E-state index is 3.71. The van der Waals surface area contributed by atoms with Crippen LogP contribution in [0.25, 0.3) is 0 Å². The number of hydrogen-bond donors (Lipinski definition) is 1. The monoisotopic (exact) mass is 274 g/mol. The van der Waals surface area contributed by atoms with E-state index in [9.17, 15) is 0 Å². The number of hydrogen-bond acceptors (Lipinski definition) is 2. The van der Waals surface area contributed by atoms with E-state index in [-0.39, 0.29) is 0 Å².